The molecule has 2 rings (SSSR count). The number of nitrogens with zero attached hydrogens (tertiary/aromatic N) is 1. The summed E-state index contributed by atoms with van der Waals surface area (Å²) in [5, 5.41) is 12.5. The van der Waals surface area contributed by atoms with Crippen molar-refractivity contribution >= 4 is 5.97 Å². The summed E-state index contributed by atoms with van der Waals surface area (Å²) in [7, 11) is 0. The van der Waals surface area contributed by atoms with Crippen LogP contribution < -0.4 is 5.32 Å². The van der Waals surface area contributed by atoms with Gasteiger partial charge >= 0.3 is 5.97 Å². The van der Waals surface area contributed by atoms with Gasteiger partial charge in [-0.3, -0.25) is 0 Å². The number of unbranched alkanes of at least 4 members (excludes halogenated alkanes) is 1. The molecule has 4 heteroatoms. The molecule has 1 aromatic carbocycles. The summed E-state index contributed by atoms with van der Waals surface area (Å²) in [4.78, 5) is 13.6. The van der Waals surface area contributed by atoms with E-state index in [-0.39, 0.29) is 0 Å². The molecule has 1 fully saturated rings. The van der Waals surface area contributed by atoms with Crippen LogP contribution in [-0.4, -0.2) is 48.7 Å². The van der Waals surface area contributed by atoms with E-state index in [4.69, 9.17) is 5.11 Å². The highest BCUT2D eigenvalue weighted by Gasteiger charge is 2.10. The molecule has 1 saturated heterocycles. The Morgan fingerprint density at radius 1 is 1.21 bits per heavy atom. The fraction of sp³-hybridized carbons (Fsp3) is 0.533. The SMILES string of the molecule is O=C(O)c1ccccc1CCCCN1CCNCC1. The molecule has 4 nitrogen and oxygen atoms in total. The lowest BCUT2D eigenvalue weighted by Gasteiger charge is -2.27. The van der Waals surface area contributed by atoms with E-state index in [1.54, 1.807) is 12.1 Å². The summed E-state index contributed by atoms with van der Waals surface area (Å²) in [6, 6.07) is 7.31. The van der Waals surface area contributed by atoms with Gasteiger partial charge in [0.25, 0.3) is 0 Å². The third-order valence-corrected chi connectivity index (χ3v) is 3.63. The molecule has 2 N–H and O–H groups in total. The van der Waals surface area contributed by atoms with E-state index in [0.29, 0.717) is 5.56 Å². The van der Waals surface area contributed by atoms with E-state index in [1.807, 2.05) is 12.1 Å². The third-order valence-electron chi connectivity index (χ3n) is 3.63. The quantitative estimate of drug-likeness (QED) is 0.765. The van der Waals surface area contributed by atoms with Gasteiger partial charge in [0.15, 0.2) is 0 Å². The number of hydrogen-bond acceptors (Lipinski definition) is 3. The summed E-state index contributed by atoms with van der Waals surface area (Å²) in [6.07, 6.45) is 3.04. The van der Waals surface area contributed by atoms with E-state index in [2.05, 4.69) is 10.2 Å². The summed E-state index contributed by atoms with van der Waals surface area (Å²) in [6.45, 7) is 5.55. The molecule has 0 aromatic heterocycles. The first kappa shape index (κ1) is 14.0. The van der Waals surface area contributed by atoms with Crippen LogP contribution in [0.5, 0.6) is 0 Å². The van der Waals surface area contributed by atoms with Crippen LogP contribution in [0.2, 0.25) is 0 Å². The normalized spacial score (nSPS) is 16.4. The van der Waals surface area contributed by atoms with Gasteiger partial charge in [-0.1, -0.05) is 18.2 Å². The summed E-state index contributed by atoms with van der Waals surface area (Å²) in [5.41, 5.74) is 1.40. The first-order chi connectivity index (χ1) is 9.27. The molecule has 0 aliphatic carbocycles. The predicted octanol–water partition coefficient (Wildman–Crippen LogP) is 1.61. The van der Waals surface area contributed by atoms with Crippen molar-refractivity contribution in [1.82, 2.24) is 10.2 Å². The molecule has 0 radical (unpaired) electrons. The molecule has 1 aliphatic rings. The maximum atomic E-state index is 11.1. The monoisotopic (exact) mass is 262 g/mol. The number of aromatic carboxylic acids is 1. The van der Waals surface area contributed by atoms with Crippen molar-refractivity contribution in [3.63, 3.8) is 0 Å². The number of piperazine rings is 1. The van der Waals surface area contributed by atoms with Gasteiger partial charge in [-0.2, -0.15) is 0 Å². The lowest BCUT2D eigenvalue weighted by molar-refractivity contribution is 0.0695. The second-order valence-electron chi connectivity index (χ2n) is 5.01. The molecular weight excluding hydrogens is 240 g/mol. The van der Waals surface area contributed by atoms with Crippen molar-refractivity contribution < 1.29 is 9.90 Å². The standard InChI is InChI=1S/C15H22N2O2/c18-15(19)14-7-2-1-5-13(14)6-3-4-10-17-11-8-16-9-12-17/h1-2,5,7,16H,3-4,6,8-12H2,(H,18,19). The molecule has 1 aliphatic heterocycles. The second-order valence-corrected chi connectivity index (χ2v) is 5.01. The molecule has 1 heterocycles. The Balaban J connectivity index is 1.74. The minimum absolute atomic E-state index is 0.449. The highest BCUT2D eigenvalue weighted by Crippen LogP contribution is 2.12. The molecule has 1 aromatic rings. The van der Waals surface area contributed by atoms with Crippen LogP contribution in [0, 0.1) is 0 Å². The number of carbonyl (C=O) groups is 1. The first-order valence-corrected chi connectivity index (χ1v) is 7.01. The summed E-state index contributed by atoms with van der Waals surface area (Å²) >= 11 is 0. The van der Waals surface area contributed by atoms with Crippen LogP contribution in [-0.2, 0) is 6.42 Å². The third kappa shape index (κ3) is 4.33. The molecule has 104 valence electrons. The van der Waals surface area contributed by atoms with Crippen LogP contribution >= 0.6 is 0 Å². The second kappa shape index (κ2) is 7.26. The van der Waals surface area contributed by atoms with Gasteiger partial charge in [0.1, 0.15) is 0 Å². The zero-order valence-corrected chi connectivity index (χ0v) is 11.3. The molecule has 0 amide bonds. The Bertz CT molecular complexity index is 414. The van der Waals surface area contributed by atoms with Crippen molar-refractivity contribution in [2.45, 2.75) is 19.3 Å². The smallest absolute Gasteiger partial charge is 0.335 e. The van der Waals surface area contributed by atoms with E-state index in [1.165, 1.54) is 0 Å². The Morgan fingerprint density at radius 3 is 2.68 bits per heavy atom. The number of nitrogens with one attached hydrogen (secondary N) is 1. The van der Waals surface area contributed by atoms with Crippen molar-refractivity contribution in [2.75, 3.05) is 32.7 Å². The van der Waals surface area contributed by atoms with Gasteiger partial charge in [-0.25, -0.2) is 4.79 Å². The molecule has 0 bridgehead atoms. The van der Waals surface area contributed by atoms with E-state index in [0.717, 1.165) is 57.5 Å². The average molecular weight is 262 g/mol. The van der Waals surface area contributed by atoms with Gasteiger partial charge in [0.2, 0.25) is 0 Å². The van der Waals surface area contributed by atoms with Gasteiger partial charge < -0.3 is 15.3 Å². The average Bonchev–Trinajstić information content (AvgIpc) is 2.45. The van der Waals surface area contributed by atoms with E-state index < -0.39 is 5.97 Å². The Labute approximate surface area is 114 Å². The topological polar surface area (TPSA) is 52.6 Å². The highest BCUT2D eigenvalue weighted by atomic mass is 16.4. The Morgan fingerprint density at radius 2 is 1.95 bits per heavy atom. The minimum Gasteiger partial charge on any atom is -0.478 e. The van der Waals surface area contributed by atoms with Crippen molar-refractivity contribution in [1.29, 1.82) is 0 Å². The molecule has 19 heavy (non-hydrogen) atoms. The predicted molar refractivity (Wildman–Crippen MR) is 75.6 cm³/mol. The number of hydrogen-bond donors (Lipinski definition) is 2. The van der Waals surface area contributed by atoms with Crippen LogP contribution in [0.15, 0.2) is 24.3 Å². The Kier molecular flexibility index (Phi) is 5.36. The Hall–Kier alpha value is -1.39. The summed E-state index contributed by atoms with van der Waals surface area (Å²) < 4.78 is 0. The summed E-state index contributed by atoms with van der Waals surface area (Å²) in [5.74, 6) is -0.822. The van der Waals surface area contributed by atoms with E-state index in [9.17, 15) is 4.79 Å². The van der Waals surface area contributed by atoms with Crippen LogP contribution in [0.25, 0.3) is 0 Å². The van der Waals surface area contributed by atoms with Gasteiger partial charge in [-0.05, 0) is 37.4 Å². The lowest BCUT2D eigenvalue weighted by atomic mass is 10.0. The van der Waals surface area contributed by atoms with E-state index >= 15 is 0 Å². The van der Waals surface area contributed by atoms with Gasteiger partial charge in [0.05, 0.1) is 5.56 Å². The zero-order chi connectivity index (χ0) is 13.5. The molecule has 0 unspecified atom stereocenters. The maximum absolute atomic E-state index is 11.1. The molecule has 0 spiro atoms. The van der Waals surface area contributed by atoms with Crippen LogP contribution in [0.1, 0.15) is 28.8 Å². The highest BCUT2D eigenvalue weighted by molar-refractivity contribution is 5.89. The van der Waals surface area contributed by atoms with Crippen LogP contribution in [0.3, 0.4) is 0 Å². The van der Waals surface area contributed by atoms with Crippen molar-refractivity contribution in [3.05, 3.63) is 35.4 Å². The number of rotatable bonds is 6. The molecular formula is C15H22N2O2. The minimum atomic E-state index is -0.822. The number of carboxylic acids is 1. The largest absolute Gasteiger partial charge is 0.478 e. The van der Waals surface area contributed by atoms with Crippen LogP contribution in [0.4, 0.5) is 0 Å². The first-order valence-electron chi connectivity index (χ1n) is 7.01. The lowest BCUT2D eigenvalue weighted by Crippen LogP contribution is -2.43. The number of aryl methyl sites for hydroxylation is 1. The molecule has 0 saturated carbocycles. The number of benzene rings is 1. The van der Waals surface area contributed by atoms with Crippen molar-refractivity contribution in [2.24, 2.45) is 0 Å². The van der Waals surface area contributed by atoms with Gasteiger partial charge in [-0.15, -0.1) is 0 Å². The fourth-order valence-electron chi connectivity index (χ4n) is 2.53. The maximum Gasteiger partial charge on any atom is 0.335 e. The molecule has 0 atom stereocenters. The zero-order valence-electron chi connectivity index (χ0n) is 11.3. The van der Waals surface area contributed by atoms with Gasteiger partial charge in [0, 0.05) is 26.2 Å². The fourth-order valence-corrected chi connectivity index (χ4v) is 2.53. The van der Waals surface area contributed by atoms with Crippen molar-refractivity contribution in [3.8, 4) is 0 Å². The number of carboxylic acid groups (broad SMARTS) is 1.